The number of pyridine rings is 1. The number of nitrogens with zero attached hydrogens (tertiary/aromatic N) is 2. The first kappa shape index (κ1) is 13.7. The third-order valence-corrected chi connectivity index (χ3v) is 3.60. The zero-order chi connectivity index (χ0) is 12.2. The van der Waals surface area contributed by atoms with E-state index >= 15 is 0 Å². The summed E-state index contributed by atoms with van der Waals surface area (Å²) >= 11 is 2.11. The van der Waals surface area contributed by atoms with Gasteiger partial charge in [0.2, 0.25) is 0 Å². The Balaban J connectivity index is 2.55. The molecule has 0 N–H and O–H groups in total. The van der Waals surface area contributed by atoms with Gasteiger partial charge in [-0.25, -0.2) is 4.98 Å². The average molecular weight is 303 g/mol. The molecule has 1 aromatic rings. The van der Waals surface area contributed by atoms with Gasteiger partial charge in [-0.1, -0.05) is 10.5 Å². The predicted octanol–water partition coefficient (Wildman–Crippen LogP) is 2.92. The molecule has 0 spiro atoms. The lowest BCUT2D eigenvalue weighted by molar-refractivity contribution is 0.561. The van der Waals surface area contributed by atoms with Gasteiger partial charge in [-0.2, -0.15) is 0 Å². The molecule has 0 saturated carbocycles. The summed E-state index contributed by atoms with van der Waals surface area (Å²) < 4.78 is 16.1. The van der Waals surface area contributed by atoms with Crippen LogP contribution in [-0.2, 0) is 17.8 Å². The fraction of sp³-hybridized carbons (Fsp3) is 0.455. The van der Waals surface area contributed by atoms with Crippen molar-refractivity contribution >= 4 is 33.5 Å². The molecule has 5 heteroatoms. The highest BCUT2D eigenvalue weighted by atomic mass is 79.9. The highest BCUT2D eigenvalue weighted by Gasteiger charge is 2.25. The van der Waals surface area contributed by atoms with Crippen LogP contribution < -0.4 is 0 Å². The Hall–Kier alpha value is -0.390. The van der Waals surface area contributed by atoms with Crippen LogP contribution >= 0.6 is 15.9 Å². The highest BCUT2D eigenvalue weighted by molar-refractivity contribution is 9.10. The topological polar surface area (TPSA) is 48.3 Å². The van der Waals surface area contributed by atoms with E-state index in [4.69, 9.17) is 0 Å². The largest absolute Gasteiger partial charge is 0.591 e. The molecule has 0 saturated heterocycles. The quantitative estimate of drug-likeness (QED) is 0.490. The third kappa shape index (κ3) is 4.63. The van der Waals surface area contributed by atoms with Gasteiger partial charge in [0.1, 0.15) is 20.7 Å². The van der Waals surface area contributed by atoms with Gasteiger partial charge in [0.25, 0.3) is 0 Å². The molecular formula is C11H15BrN2OS. The van der Waals surface area contributed by atoms with Gasteiger partial charge < -0.3 is 4.55 Å². The minimum atomic E-state index is -1.19. The summed E-state index contributed by atoms with van der Waals surface area (Å²) in [4.78, 5) is 4.26. The maximum atomic E-state index is 11.6. The Morgan fingerprint density at radius 3 is 2.75 bits per heavy atom. The lowest BCUT2D eigenvalue weighted by Gasteiger charge is -2.17. The molecular weight excluding hydrogens is 288 g/mol. The maximum Gasteiger partial charge on any atom is 0.144 e. The van der Waals surface area contributed by atoms with E-state index in [1.54, 1.807) is 6.21 Å². The van der Waals surface area contributed by atoms with Crippen LogP contribution in [0.2, 0.25) is 0 Å². The van der Waals surface area contributed by atoms with Crippen molar-refractivity contribution in [2.24, 2.45) is 4.40 Å². The first-order valence-electron chi connectivity index (χ1n) is 4.95. The van der Waals surface area contributed by atoms with Crippen molar-refractivity contribution in [1.82, 2.24) is 4.98 Å². The fourth-order valence-electron chi connectivity index (χ4n) is 0.921. The first-order valence-corrected chi connectivity index (χ1v) is 6.85. The monoisotopic (exact) mass is 302 g/mol. The van der Waals surface area contributed by atoms with Gasteiger partial charge >= 0.3 is 0 Å². The minimum absolute atomic E-state index is 0.304. The molecule has 1 heterocycles. The maximum absolute atomic E-state index is 11.6. The molecule has 0 radical (unpaired) electrons. The van der Waals surface area contributed by atoms with Crippen LogP contribution in [0.4, 0.5) is 0 Å². The summed E-state index contributed by atoms with van der Waals surface area (Å²) in [5, 5.41) is 0. The van der Waals surface area contributed by atoms with E-state index in [0.717, 1.165) is 10.3 Å². The predicted molar refractivity (Wildman–Crippen MR) is 72.0 cm³/mol. The molecule has 0 bridgehead atoms. The summed E-state index contributed by atoms with van der Waals surface area (Å²) in [5.41, 5.74) is 0.907. The summed E-state index contributed by atoms with van der Waals surface area (Å²) in [6.07, 6.45) is 2.26. The summed E-state index contributed by atoms with van der Waals surface area (Å²) in [6.45, 7) is 5.70. The fourth-order valence-corrected chi connectivity index (χ4v) is 1.83. The molecule has 0 fully saturated rings. The minimum Gasteiger partial charge on any atom is -0.591 e. The Bertz CT molecular complexity index is 376. The molecule has 0 aromatic carbocycles. The van der Waals surface area contributed by atoms with E-state index in [0.29, 0.717) is 6.42 Å². The van der Waals surface area contributed by atoms with Crippen LogP contribution in [-0.4, -0.2) is 20.5 Å². The van der Waals surface area contributed by atoms with E-state index < -0.39 is 11.4 Å². The van der Waals surface area contributed by atoms with E-state index in [-0.39, 0.29) is 4.75 Å². The number of hydrogen-bond donors (Lipinski definition) is 0. The van der Waals surface area contributed by atoms with Crippen molar-refractivity contribution in [2.75, 3.05) is 0 Å². The van der Waals surface area contributed by atoms with Gasteiger partial charge in [0, 0.05) is 12.1 Å². The van der Waals surface area contributed by atoms with Gasteiger partial charge in [0.05, 0.1) is 6.21 Å². The van der Waals surface area contributed by atoms with Crippen LogP contribution in [0.25, 0.3) is 0 Å². The molecule has 88 valence electrons. The molecule has 3 nitrogen and oxygen atoms in total. The average Bonchev–Trinajstić information content (AvgIpc) is 2.16. The molecule has 1 rings (SSSR count). The molecule has 1 atom stereocenters. The SMILES string of the molecule is CC(C)(C)[S+]([O-])/N=C/Cc1cccc(Br)n1. The number of aromatic nitrogens is 1. The zero-order valence-electron chi connectivity index (χ0n) is 9.61. The van der Waals surface area contributed by atoms with Crippen molar-refractivity contribution in [3.63, 3.8) is 0 Å². The molecule has 1 aromatic heterocycles. The van der Waals surface area contributed by atoms with Crippen molar-refractivity contribution < 1.29 is 4.55 Å². The first-order chi connectivity index (χ1) is 7.39. The molecule has 0 aliphatic heterocycles. The molecule has 0 amide bonds. The Labute approximate surface area is 108 Å². The lowest BCUT2D eigenvalue weighted by atomic mass is 10.3. The standard InChI is InChI=1S/C11H15BrN2OS/c1-11(2,3)16(15)13-8-7-9-5-4-6-10(12)14-9/h4-6,8H,7H2,1-3H3/b13-8+. The van der Waals surface area contributed by atoms with E-state index in [1.807, 2.05) is 39.0 Å². The van der Waals surface area contributed by atoms with E-state index in [2.05, 4.69) is 25.3 Å². The number of hydrogen-bond acceptors (Lipinski definition) is 3. The van der Waals surface area contributed by atoms with Gasteiger partial charge in [-0.15, -0.1) is 0 Å². The van der Waals surface area contributed by atoms with Crippen LogP contribution in [0.15, 0.2) is 27.2 Å². The highest BCUT2D eigenvalue weighted by Crippen LogP contribution is 2.16. The Kier molecular flexibility index (Phi) is 4.95. The van der Waals surface area contributed by atoms with E-state index in [9.17, 15) is 4.55 Å². The summed E-state index contributed by atoms with van der Waals surface area (Å²) in [7, 11) is 0. The molecule has 1 unspecified atom stereocenters. The Morgan fingerprint density at radius 2 is 2.19 bits per heavy atom. The van der Waals surface area contributed by atoms with Gasteiger partial charge in [-0.3, -0.25) is 0 Å². The normalized spacial score (nSPS) is 14.3. The zero-order valence-corrected chi connectivity index (χ0v) is 12.0. The molecule has 16 heavy (non-hydrogen) atoms. The second-order valence-corrected chi connectivity index (χ2v) is 7.05. The smallest absolute Gasteiger partial charge is 0.144 e. The van der Waals surface area contributed by atoms with Crippen LogP contribution in [0, 0.1) is 0 Å². The van der Waals surface area contributed by atoms with Crippen molar-refractivity contribution in [3.05, 3.63) is 28.5 Å². The van der Waals surface area contributed by atoms with Crippen LogP contribution in [0.1, 0.15) is 26.5 Å². The van der Waals surface area contributed by atoms with Crippen molar-refractivity contribution in [1.29, 1.82) is 0 Å². The third-order valence-electron chi connectivity index (χ3n) is 1.77. The second-order valence-electron chi connectivity index (χ2n) is 4.31. The number of rotatable bonds is 3. The molecule has 0 aliphatic rings. The number of halogens is 1. The summed E-state index contributed by atoms with van der Waals surface area (Å²) in [5.74, 6) is 0. The molecule has 0 aliphatic carbocycles. The lowest BCUT2D eigenvalue weighted by Crippen LogP contribution is -2.25. The van der Waals surface area contributed by atoms with Crippen LogP contribution in [0.3, 0.4) is 0 Å². The van der Waals surface area contributed by atoms with Gasteiger partial charge in [0.15, 0.2) is 0 Å². The van der Waals surface area contributed by atoms with E-state index in [1.165, 1.54) is 0 Å². The second kappa shape index (κ2) is 5.80. The van der Waals surface area contributed by atoms with Gasteiger partial charge in [-0.05, 0) is 48.8 Å². The van der Waals surface area contributed by atoms with Crippen molar-refractivity contribution in [3.8, 4) is 0 Å². The van der Waals surface area contributed by atoms with Crippen LogP contribution in [0.5, 0.6) is 0 Å². The van der Waals surface area contributed by atoms with Crippen molar-refractivity contribution in [2.45, 2.75) is 31.9 Å². The summed E-state index contributed by atoms with van der Waals surface area (Å²) in [6, 6.07) is 5.70. The Morgan fingerprint density at radius 1 is 1.50 bits per heavy atom.